The van der Waals surface area contributed by atoms with Gasteiger partial charge in [-0.2, -0.15) is 0 Å². The van der Waals surface area contributed by atoms with Crippen molar-refractivity contribution in [2.45, 2.75) is 32.4 Å². The van der Waals surface area contributed by atoms with Gasteiger partial charge >= 0.3 is 5.97 Å². The van der Waals surface area contributed by atoms with Gasteiger partial charge in [-0.3, -0.25) is 4.79 Å². The van der Waals surface area contributed by atoms with Gasteiger partial charge in [-0.05, 0) is 35.6 Å². The number of amidine groups is 1. The first-order chi connectivity index (χ1) is 15.5. The van der Waals surface area contributed by atoms with Crippen LogP contribution in [0.1, 0.15) is 37.1 Å². The van der Waals surface area contributed by atoms with Crippen LogP contribution in [-0.2, 0) is 20.9 Å². The summed E-state index contributed by atoms with van der Waals surface area (Å²) < 4.78 is 10.4. The molecule has 7 nitrogen and oxygen atoms in total. The van der Waals surface area contributed by atoms with Crippen molar-refractivity contribution in [1.29, 1.82) is 0 Å². The van der Waals surface area contributed by atoms with E-state index in [4.69, 9.17) is 25.7 Å². The molecule has 2 aliphatic heterocycles. The zero-order valence-electron chi connectivity index (χ0n) is 17.6. The van der Waals surface area contributed by atoms with Gasteiger partial charge in [-0.25, -0.2) is 9.79 Å². The molecule has 1 aromatic carbocycles. The highest BCUT2D eigenvalue weighted by Gasteiger charge is 2.42. The maximum Gasteiger partial charge on any atom is 0.338 e. The molecule has 0 fully saturated rings. The van der Waals surface area contributed by atoms with E-state index < -0.39 is 12.0 Å². The van der Waals surface area contributed by atoms with Crippen molar-refractivity contribution in [3.8, 4) is 0 Å². The van der Waals surface area contributed by atoms with Crippen LogP contribution in [0.4, 0.5) is 0 Å². The number of allylic oxidation sites excluding steroid dienone is 1. The third-order valence-corrected chi connectivity index (χ3v) is 6.44. The van der Waals surface area contributed by atoms with Crippen LogP contribution in [-0.4, -0.2) is 29.1 Å². The molecule has 9 heteroatoms. The maximum atomic E-state index is 12.8. The Balaban J connectivity index is 1.67. The number of thioether (sulfide) groups is 1. The topological polar surface area (TPSA) is 84.1 Å². The summed E-state index contributed by atoms with van der Waals surface area (Å²) in [6.07, 6.45) is 2.24. The largest absolute Gasteiger partial charge is 0.467 e. The molecule has 4 rings (SSSR count). The molecule has 1 amide bonds. The second-order valence-electron chi connectivity index (χ2n) is 7.15. The molecule has 3 heterocycles. The molecule has 166 valence electrons. The summed E-state index contributed by atoms with van der Waals surface area (Å²) in [5.41, 5.74) is 2.55. The molecule has 1 atom stereocenters. The number of hydrogen-bond donors (Lipinski definition) is 1. The van der Waals surface area contributed by atoms with Gasteiger partial charge in [0.15, 0.2) is 5.17 Å². The number of carbonyl (C=O) groups is 2. The van der Waals surface area contributed by atoms with Crippen molar-refractivity contribution in [3.63, 3.8) is 0 Å². The Morgan fingerprint density at radius 1 is 1.28 bits per heavy atom. The summed E-state index contributed by atoms with van der Waals surface area (Å²) >= 11 is 7.98. The molecular weight excluding hydrogens is 450 g/mol. The van der Waals surface area contributed by atoms with Crippen LogP contribution in [0, 0.1) is 0 Å². The van der Waals surface area contributed by atoms with E-state index in [9.17, 15) is 9.59 Å². The fraction of sp³-hybridized carbons (Fsp3) is 0.261. The number of nitrogens with one attached hydrogen (secondary N) is 1. The molecule has 32 heavy (non-hydrogen) atoms. The SMILES string of the molecule is CCC1=C(C(=O)OC)[C@@H](c2ccccc2Cl)N2C(CC(=O)NCc3ccco3)=CSC2=N1. The number of carbonyl (C=O) groups excluding carboxylic acids is 2. The van der Waals surface area contributed by atoms with Gasteiger partial charge in [-0.15, -0.1) is 0 Å². The number of rotatable bonds is 7. The van der Waals surface area contributed by atoms with E-state index in [1.54, 1.807) is 24.5 Å². The highest BCUT2D eigenvalue weighted by Crippen LogP contribution is 2.46. The van der Waals surface area contributed by atoms with Gasteiger partial charge in [0.1, 0.15) is 5.76 Å². The summed E-state index contributed by atoms with van der Waals surface area (Å²) in [5, 5.41) is 5.98. The zero-order valence-corrected chi connectivity index (χ0v) is 19.2. The van der Waals surface area contributed by atoms with Gasteiger partial charge in [0, 0.05) is 10.7 Å². The summed E-state index contributed by atoms with van der Waals surface area (Å²) in [6.45, 7) is 2.24. The Morgan fingerprint density at radius 2 is 2.09 bits per heavy atom. The molecule has 2 aliphatic rings. The highest BCUT2D eigenvalue weighted by molar-refractivity contribution is 8.16. The number of aliphatic imine (C=N–C) groups is 1. The van der Waals surface area contributed by atoms with Crippen LogP contribution in [0.25, 0.3) is 0 Å². The lowest BCUT2D eigenvalue weighted by molar-refractivity contribution is -0.136. The summed E-state index contributed by atoms with van der Waals surface area (Å²) in [7, 11) is 1.35. The monoisotopic (exact) mass is 471 g/mol. The van der Waals surface area contributed by atoms with Crippen molar-refractivity contribution < 1.29 is 18.7 Å². The molecule has 2 aromatic rings. The van der Waals surface area contributed by atoms with Gasteiger partial charge in [0.2, 0.25) is 5.91 Å². The molecule has 0 saturated heterocycles. The lowest BCUT2D eigenvalue weighted by atomic mass is 9.93. The Hall–Kier alpha value is -2.97. The van der Waals surface area contributed by atoms with Crippen molar-refractivity contribution >= 4 is 40.4 Å². The molecule has 1 aromatic heterocycles. The fourth-order valence-electron chi connectivity index (χ4n) is 3.73. The van der Waals surface area contributed by atoms with Crippen LogP contribution in [0.5, 0.6) is 0 Å². The normalized spacial score (nSPS) is 17.6. The third kappa shape index (κ3) is 4.33. The van der Waals surface area contributed by atoms with E-state index >= 15 is 0 Å². The quantitative estimate of drug-likeness (QED) is 0.585. The zero-order chi connectivity index (χ0) is 22.7. The van der Waals surface area contributed by atoms with E-state index in [2.05, 4.69) is 5.32 Å². The Kier molecular flexibility index (Phi) is 6.72. The molecule has 0 radical (unpaired) electrons. The molecule has 0 aliphatic carbocycles. The Morgan fingerprint density at radius 3 is 2.78 bits per heavy atom. The lowest BCUT2D eigenvalue weighted by Crippen LogP contribution is -2.38. The first-order valence-corrected chi connectivity index (χ1v) is 11.4. The van der Waals surface area contributed by atoms with Gasteiger partial charge in [-0.1, -0.05) is 48.5 Å². The first-order valence-electron chi connectivity index (χ1n) is 10.1. The van der Waals surface area contributed by atoms with Crippen molar-refractivity contribution in [2.75, 3.05) is 7.11 Å². The Labute approximate surface area is 195 Å². The first kappa shape index (κ1) is 22.2. The number of benzene rings is 1. The smallest absolute Gasteiger partial charge is 0.338 e. The summed E-state index contributed by atoms with van der Waals surface area (Å²) in [5.74, 6) is 0.0381. The maximum absolute atomic E-state index is 12.8. The van der Waals surface area contributed by atoms with Crippen LogP contribution in [0.2, 0.25) is 5.02 Å². The van der Waals surface area contributed by atoms with Crippen molar-refractivity contribution in [3.05, 3.63) is 81.4 Å². The van der Waals surface area contributed by atoms with Crippen LogP contribution in [0.15, 0.2) is 74.4 Å². The van der Waals surface area contributed by atoms with E-state index in [-0.39, 0.29) is 12.3 Å². The predicted octanol–water partition coefficient (Wildman–Crippen LogP) is 4.78. The number of furan rings is 1. The van der Waals surface area contributed by atoms with Crippen LogP contribution in [0.3, 0.4) is 0 Å². The average Bonchev–Trinajstić information content (AvgIpc) is 3.46. The minimum Gasteiger partial charge on any atom is -0.467 e. The predicted molar refractivity (Wildman–Crippen MR) is 124 cm³/mol. The standard InChI is InChI=1S/C23H22ClN3O4S/c1-3-18-20(22(29)30-2)21(16-8-4-5-9-17(16)24)27-14(13-32-23(27)26-18)11-19(28)25-12-15-7-6-10-31-15/h4-10,13,21H,3,11-12H2,1-2H3,(H,25,28)/t21-/m1/s1. The van der Waals surface area contributed by atoms with Gasteiger partial charge < -0.3 is 19.4 Å². The van der Waals surface area contributed by atoms with E-state index in [0.29, 0.717) is 40.2 Å². The minimum atomic E-state index is -0.544. The number of amides is 1. The second-order valence-corrected chi connectivity index (χ2v) is 8.40. The number of fused-ring (bicyclic) bond motifs is 1. The van der Waals surface area contributed by atoms with Crippen LogP contribution >= 0.6 is 23.4 Å². The van der Waals surface area contributed by atoms with E-state index in [1.165, 1.54) is 18.9 Å². The fourth-order valence-corrected chi connectivity index (χ4v) is 4.91. The lowest BCUT2D eigenvalue weighted by Gasteiger charge is -2.36. The number of halogens is 1. The van der Waals surface area contributed by atoms with E-state index in [0.717, 1.165) is 11.3 Å². The second kappa shape index (κ2) is 9.67. The molecule has 0 bridgehead atoms. The Bertz CT molecular complexity index is 1120. The average molecular weight is 472 g/mol. The van der Waals surface area contributed by atoms with Crippen molar-refractivity contribution in [1.82, 2.24) is 10.2 Å². The molecule has 0 spiro atoms. The number of hydrogen-bond acceptors (Lipinski definition) is 7. The number of ether oxygens (including phenoxy) is 1. The van der Waals surface area contributed by atoms with Crippen LogP contribution < -0.4 is 5.32 Å². The number of methoxy groups -OCH3 is 1. The molecule has 0 unspecified atom stereocenters. The number of nitrogens with zero attached hydrogens (tertiary/aromatic N) is 2. The molecule has 0 saturated carbocycles. The molecular formula is C23H22ClN3O4S. The third-order valence-electron chi connectivity index (χ3n) is 5.21. The van der Waals surface area contributed by atoms with Gasteiger partial charge in [0.05, 0.1) is 43.7 Å². The number of esters is 1. The molecule has 1 N–H and O–H groups in total. The summed E-state index contributed by atoms with van der Waals surface area (Å²) in [6, 6.07) is 10.4. The van der Waals surface area contributed by atoms with E-state index in [1.807, 2.05) is 35.4 Å². The minimum absolute atomic E-state index is 0.115. The van der Waals surface area contributed by atoms with Gasteiger partial charge in [0.25, 0.3) is 0 Å². The van der Waals surface area contributed by atoms with Crippen molar-refractivity contribution in [2.24, 2.45) is 4.99 Å². The highest BCUT2D eigenvalue weighted by atomic mass is 35.5. The summed E-state index contributed by atoms with van der Waals surface area (Å²) in [4.78, 5) is 32.1.